The van der Waals surface area contributed by atoms with Crippen molar-refractivity contribution in [1.29, 1.82) is 0 Å². The van der Waals surface area contributed by atoms with E-state index < -0.39 is 5.97 Å². The summed E-state index contributed by atoms with van der Waals surface area (Å²) < 4.78 is 1.39. The molecular formula is C20H17N3O4. The Hall–Kier alpha value is -3.74. The van der Waals surface area contributed by atoms with Crippen LogP contribution in [0, 0.1) is 6.92 Å². The van der Waals surface area contributed by atoms with E-state index in [1.54, 1.807) is 19.1 Å². The van der Waals surface area contributed by atoms with Crippen molar-refractivity contribution in [2.45, 2.75) is 13.8 Å². The molecule has 7 heteroatoms. The van der Waals surface area contributed by atoms with Gasteiger partial charge in [0.2, 0.25) is 0 Å². The summed E-state index contributed by atoms with van der Waals surface area (Å²) >= 11 is 0. The first-order valence-corrected chi connectivity index (χ1v) is 8.18. The number of aryl methyl sites for hydroxylation is 1. The van der Waals surface area contributed by atoms with Gasteiger partial charge in [0.05, 0.1) is 22.5 Å². The van der Waals surface area contributed by atoms with Crippen LogP contribution >= 0.6 is 0 Å². The Morgan fingerprint density at radius 2 is 1.85 bits per heavy atom. The lowest BCUT2D eigenvalue weighted by Gasteiger charge is -2.03. The van der Waals surface area contributed by atoms with Crippen molar-refractivity contribution in [2.75, 3.05) is 0 Å². The lowest BCUT2D eigenvalue weighted by Crippen LogP contribution is -2.17. The fourth-order valence-corrected chi connectivity index (χ4v) is 2.64. The molecule has 0 radical (unpaired) electrons. The first kappa shape index (κ1) is 18.1. The van der Waals surface area contributed by atoms with E-state index in [4.69, 9.17) is 0 Å². The zero-order valence-electron chi connectivity index (χ0n) is 14.8. The Morgan fingerprint density at radius 1 is 1.15 bits per heavy atom. The van der Waals surface area contributed by atoms with Crippen LogP contribution in [-0.2, 0) is 0 Å². The van der Waals surface area contributed by atoms with Crippen molar-refractivity contribution in [2.24, 2.45) is 4.99 Å². The average Bonchev–Trinajstić information content (AvgIpc) is 2.94. The largest absolute Gasteiger partial charge is 0.478 e. The van der Waals surface area contributed by atoms with Crippen LogP contribution in [-0.4, -0.2) is 32.9 Å². The van der Waals surface area contributed by atoms with Gasteiger partial charge in [-0.2, -0.15) is 0 Å². The molecule has 0 fully saturated rings. The molecule has 0 unspecified atom stereocenters. The van der Waals surface area contributed by atoms with Crippen molar-refractivity contribution < 1.29 is 14.7 Å². The van der Waals surface area contributed by atoms with E-state index in [0.717, 1.165) is 0 Å². The van der Waals surface area contributed by atoms with Gasteiger partial charge in [0.15, 0.2) is 5.78 Å². The van der Waals surface area contributed by atoms with Gasteiger partial charge < -0.3 is 5.11 Å². The third-order valence-corrected chi connectivity index (χ3v) is 4.10. The van der Waals surface area contributed by atoms with Crippen LogP contribution in [0.4, 0.5) is 5.69 Å². The number of carbonyl (C=O) groups is 2. The van der Waals surface area contributed by atoms with Crippen LogP contribution in [0.15, 0.2) is 58.3 Å². The van der Waals surface area contributed by atoms with Gasteiger partial charge in [-0.15, -0.1) is 0 Å². The maximum atomic E-state index is 12.7. The number of carbonyl (C=O) groups excluding carboxylic acids is 1. The number of benzene rings is 2. The molecule has 0 saturated carbocycles. The molecule has 0 aliphatic carbocycles. The molecule has 0 aliphatic rings. The summed E-state index contributed by atoms with van der Waals surface area (Å²) in [4.78, 5) is 39.8. The standard InChI is InChI=1S/C20H17N3O4/c1-12-17(19(25)23(22-12)15-6-4-3-5-7-15)11-21-18-10-14(13(2)24)8-9-16(18)20(26)27/h3-11,22H,1-2H3,(H,26,27). The van der Waals surface area contributed by atoms with Crippen molar-refractivity contribution in [3.63, 3.8) is 0 Å². The molecule has 0 amide bonds. The second-order valence-corrected chi connectivity index (χ2v) is 5.98. The summed E-state index contributed by atoms with van der Waals surface area (Å²) in [6.07, 6.45) is 1.32. The summed E-state index contributed by atoms with van der Waals surface area (Å²) in [5, 5.41) is 12.3. The fraction of sp³-hybridized carbons (Fsp3) is 0.100. The van der Waals surface area contributed by atoms with Crippen LogP contribution < -0.4 is 5.56 Å². The van der Waals surface area contributed by atoms with Gasteiger partial charge >= 0.3 is 5.97 Å². The number of aromatic carboxylic acids is 1. The fourth-order valence-electron chi connectivity index (χ4n) is 2.64. The van der Waals surface area contributed by atoms with Gasteiger partial charge in [0.1, 0.15) is 0 Å². The minimum Gasteiger partial charge on any atom is -0.478 e. The van der Waals surface area contributed by atoms with Crippen molar-refractivity contribution in [1.82, 2.24) is 9.78 Å². The summed E-state index contributed by atoms with van der Waals surface area (Å²) in [6, 6.07) is 13.2. The maximum absolute atomic E-state index is 12.7. The predicted octanol–water partition coefficient (Wildman–Crippen LogP) is 3.13. The molecule has 3 rings (SSSR count). The Balaban J connectivity index is 2.06. The molecule has 0 spiro atoms. The molecule has 1 heterocycles. The highest BCUT2D eigenvalue weighted by Crippen LogP contribution is 2.22. The molecule has 0 atom stereocenters. The minimum absolute atomic E-state index is 0.0483. The molecule has 7 nitrogen and oxygen atoms in total. The number of para-hydroxylation sites is 1. The lowest BCUT2D eigenvalue weighted by molar-refractivity contribution is 0.0697. The summed E-state index contributed by atoms with van der Waals surface area (Å²) in [7, 11) is 0. The number of hydrogen-bond acceptors (Lipinski definition) is 4. The number of H-pyrrole nitrogens is 1. The zero-order valence-corrected chi connectivity index (χ0v) is 14.8. The Morgan fingerprint density at radius 3 is 2.48 bits per heavy atom. The first-order chi connectivity index (χ1) is 12.9. The van der Waals surface area contributed by atoms with Crippen LogP contribution in [0.2, 0.25) is 0 Å². The Labute approximate surface area is 154 Å². The highest BCUT2D eigenvalue weighted by molar-refractivity contribution is 6.00. The highest BCUT2D eigenvalue weighted by atomic mass is 16.4. The Kier molecular flexibility index (Phi) is 4.85. The quantitative estimate of drug-likeness (QED) is 0.537. The van der Waals surface area contributed by atoms with E-state index in [2.05, 4.69) is 10.1 Å². The van der Waals surface area contributed by atoms with Gasteiger partial charge in [-0.05, 0) is 38.1 Å². The molecule has 136 valence electrons. The third kappa shape index (κ3) is 3.62. The topological polar surface area (TPSA) is 105 Å². The molecule has 1 aromatic heterocycles. The number of hydrogen-bond donors (Lipinski definition) is 2. The molecule has 27 heavy (non-hydrogen) atoms. The third-order valence-electron chi connectivity index (χ3n) is 4.10. The van der Waals surface area contributed by atoms with Crippen LogP contribution in [0.25, 0.3) is 5.69 Å². The number of aromatic nitrogens is 2. The summed E-state index contributed by atoms with van der Waals surface area (Å²) in [6.45, 7) is 3.12. The van der Waals surface area contributed by atoms with E-state index in [9.17, 15) is 19.5 Å². The molecule has 0 aliphatic heterocycles. The van der Waals surface area contributed by atoms with Gasteiger partial charge in [0, 0.05) is 17.5 Å². The maximum Gasteiger partial charge on any atom is 0.337 e. The lowest BCUT2D eigenvalue weighted by atomic mass is 10.1. The van der Waals surface area contributed by atoms with E-state index in [-0.39, 0.29) is 22.6 Å². The number of aromatic amines is 1. The molecule has 0 bridgehead atoms. The number of ketones is 1. The number of aliphatic imine (C=N–C) groups is 1. The molecule has 2 N–H and O–H groups in total. The van der Waals surface area contributed by atoms with E-state index in [1.807, 2.05) is 18.2 Å². The number of carboxylic acid groups (broad SMARTS) is 1. The van der Waals surface area contributed by atoms with E-state index in [0.29, 0.717) is 22.5 Å². The number of rotatable bonds is 5. The number of nitrogens with zero attached hydrogens (tertiary/aromatic N) is 2. The molecule has 3 aromatic rings. The summed E-state index contributed by atoms with van der Waals surface area (Å²) in [5.74, 6) is -1.36. The smallest absolute Gasteiger partial charge is 0.337 e. The van der Waals surface area contributed by atoms with E-state index >= 15 is 0 Å². The normalized spacial score (nSPS) is 11.0. The monoisotopic (exact) mass is 363 g/mol. The zero-order chi connectivity index (χ0) is 19.6. The van der Waals surface area contributed by atoms with Crippen molar-refractivity contribution in [3.05, 3.63) is 81.3 Å². The number of nitrogens with one attached hydrogen (secondary N) is 1. The first-order valence-electron chi connectivity index (χ1n) is 8.18. The molecular weight excluding hydrogens is 346 g/mol. The van der Waals surface area contributed by atoms with Gasteiger partial charge in [-0.25, -0.2) is 9.48 Å². The van der Waals surface area contributed by atoms with Gasteiger partial charge in [-0.3, -0.25) is 19.7 Å². The highest BCUT2D eigenvalue weighted by Gasteiger charge is 2.14. The van der Waals surface area contributed by atoms with Crippen molar-refractivity contribution >= 4 is 23.7 Å². The molecule has 2 aromatic carbocycles. The second-order valence-electron chi connectivity index (χ2n) is 5.98. The van der Waals surface area contributed by atoms with Gasteiger partial charge in [0.25, 0.3) is 5.56 Å². The van der Waals surface area contributed by atoms with Crippen molar-refractivity contribution in [3.8, 4) is 5.69 Å². The number of Topliss-reactive ketones (excluding diaryl/α,β-unsaturated/α-hetero) is 1. The van der Waals surface area contributed by atoms with Gasteiger partial charge in [-0.1, -0.05) is 24.3 Å². The van der Waals surface area contributed by atoms with E-state index in [1.165, 1.54) is 36.0 Å². The predicted molar refractivity (Wildman–Crippen MR) is 102 cm³/mol. The molecule has 0 saturated heterocycles. The van der Waals surface area contributed by atoms with Crippen LogP contribution in [0.1, 0.15) is 38.9 Å². The minimum atomic E-state index is -1.16. The SMILES string of the molecule is CC(=O)c1ccc(C(=O)O)c(N=Cc2c(C)[nH]n(-c3ccccc3)c2=O)c1. The average molecular weight is 363 g/mol. The van der Waals surface area contributed by atoms with Crippen LogP contribution in [0.3, 0.4) is 0 Å². The summed E-state index contributed by atoms with van der Waals surface area (Å²) in [5.41, 5.74) is 1.68. The second kappa shape index (κ2) is 7.25. The van der Waals surface area contributed by atoms with Crippen LogP contribution in [0.5, 0.6) is 0 Å². The number of carboxylic acids is 1. The Bertz CT molecular complexity index is 1110.